The van der Waals surface area contributed by atoms with Gasteiger partial charge in [-0.25, -0.2) is 4.79 Å². The first-order valence-electron chi connectivity index (χ1n) is 10.6. The van der Waals surface area contributed by atoms with Gasteiger partial charge in [-0.1, -0.05) is 32.9 Å². The quantitative estimate of drug-likeness (QED) is 0.553. The molecule has 1 spiro atoms. The van der Waals surface area contributed by atoms with Crippen LogP contribution in [0, 0.1) is 25.2 Å². The van der Waals surface area contributed by atoms with Gasteiger partial charge in [0.1, 0.15) is 12.1 Å². The molecular weight excluding hydrogens is 398 g/mol. The number of carbonyl (C=O) groups is 4. The van der Waals surface area contributed by atoms with Gasteiger partial charge in [0.15, 0.2) is 6.61 Å². The number of ether oxygens (including phenoxy) is 1. The summed E-state index contributed by atoms with van der Waals surface area (Å²) >= 11 is 0. The number of amides is 4. The SMILES string of the molecule is Cc1ccc(C)c(NC(=O)COC(=O)CN2C(=O)N[C@]3(C[C@@H](C)CC(C)(C)C3)C2=O)c1. The van der Waals surface area contributed by atoms with Gasteiger partial charge in [0.05, 0.1) is 0 Å². The van der Waals surface area contributed by atoms with Crippen molar-refractivity contribution in [3.8, 4) is 0 Å². The third kappa shape index (κ3) is 5.06. The molecule has 8 nitrogen and oxygen atoms in total. The van der Waals surface area contributed by atoms with Gasteiger partial charge < -0.3 is 15.4 Å². The highest BCUT2D eigenvalue weighted by molar-refractivity contribution is 6.09. The van der Waals surface area contributed by atoms with Gasteiger partial charge in [0.25, 0.3) is 11.8 Å². The standard InChI is InChI=1S/C23H31N3O5/c1-14-6-7-16(3)17(8-14)24-18(27)12-31-19(28)11-26-20(29)23(25-21(26)30)10-15(2)9-22(4,5)13-23/h6-8,15H,9-13H2,1-5H3,(H,24,27)(H,25,30)/t15-,23-/m0/s1. The smallest absolute Gasteiger partial charge is 0.326 e. The molecule has 0 radical (unpaired) electrons. The summed E-state index contributed by atoms with van der Waals surface area (Å²) in [6, 6.07) is 5.06. The van der Waals surface area contributed by atoms with Crippen LogP contribution in [-0.2, 0) is 19.1 Å². The number of urea groups is 1. The number of nitrogens with zero attached hydrogens (tertiary/aromatic N) is 1. The maximum Gasteiger partial charge on any atom is 0.326 e. The van der Waals surface area contributed by atoms with E-state index >= 15 is 0 Å². The second-order valence-corrected chi connectivity index (χ2v) is 9.79. The Labute approximate surface area is 182 Å². The number of nitrogens with one attached hydrogen (secondary N) is 2. The van der Waals surface area contributed by atoms with Crippen molar-refractivity contribution in [3.05, 3.63) is 29.3 Å². The maximum absolute atomic E-state index is 13.1. The largest absolute Gasteiger partial charge is 0.454 e. The van der Waals surface area contributed by atoms with Gasteiger partial charge in [-0.15, -0.1) is 0 Å². The molecule has 2 fully saturated rings. The van der Waals surface area contributed by atoms with E-state index in [4.69, 9.17) is 4.74 Å². The minimum Gasteiger partial charge on any atom is -0.454 e. The molecular formula is C23H31N3O5. The Balaban J connectivity index is 1.57. The van der Waals surface area contributed by atoms with Crippen molar-refractivity contribution < 1.29 is 23.9 Å². The van der Waals surface area contributed by atoms with Crippen LogP contribution in [0.15, 0.2) is 18.2 Å². The number of hydrogen-bond acceptors (Lipinski definition) is 5. The fourth-order valence-electron chi connectivity index (χ4n) is 5.03. The van der Waals surface area contributed by atoms with Crippen molar-refractivity contribution in [2.24, 2.45) is 11.3 Å². The fourth-order valence-corrected chi connectivity index (χ4v) is 5.03. The number of anilines is 1. The summed E-state index contributed by atoms with van der Waals surface area (Å²) in [5.74, 6) is -1.42. The average molecular weight is 430 g/mol. The van der Waals surface area contributed by atoms with E-state index < -0.39 is 42.5 Å². The van der Waals surface area contributed by atoms with Crippen LogP contribution < -0.4 is 10.6 Å². The molecule has 2 atom stereocenters. The maximum atomic E-state index is 13.1. The molecule has 0 unspecified atom stereocenters. The number of imide groups is 1. The van der Waals surface area contributed by atoms with Gasteiger partial charge in [0.2, 0.25) is 0 Å². The van der Waals surface area contributed by atoms with E-state index in [0.717, 1.165) is 22.4 Å². The molecule has 2 N–H and O–H groups in total. The molecule has 3 rings (SSSR count). The predicted molar refractivity (Wildman–Crippen MR) is 115 cm³/mol. The lowest BCUT2D eigenvalue weighted by Crippen LogP contribution is -2.54. The van der Waals surface area contributed by atoms with Crippen molar-refractivity contribution in [1.29, 1.82) is 0 Å². The molecule has 0 bridgehead atoms. The highest BCUT2D eigenvalue weighted by Gasteiger charge is 2.56. The molecule has 1 aromatic rings. The zero-order valence-electron chi connectivity index (χ0n) is 18.8. The molecule has 31 heavy (non-hydrogen) atoms. The zero-order valence-corrected chi connectivity index (χ0v) is 18.8. The Morgan fingerprint density at radius 3 is 2.61 bits per heavy atom. The van der Waals surface area contributed by atoms with Crippen molar-refractivity contribution in [3.63, 3.8) is 0 Å². The summed E-state index contributed by atoms with van der Waals surface area (Å²) in [7, 11) is 0. The fraction of sp³-hybridized carbons (Fsp3) is 0.565. The highest BCUT2D eigenvalue weighted by Crippen LogP contribution is 2.46. The van der Waals surface area contributed by atoms with Crippen LogP contribution in [0.4, 0.5) is 10.5 Å². The molecule has 1 aromatic carbocycles. The Bertz CT molecular complexity index is 926. The van der Waals surface area contributed by atoms with Crippen LogP contribution >= 0.6 is 0 Å². The molecule has 0 aromatic heterocycles. The molecule has 1 aliphatic carbocycles. The number of aryl methyl sites for hydroxylation is 2. The third-order valence-corrected chi connectivity index (χ3v) is 5.94. The summed E-state index contributed by atoms with van der Waals surface area (Å²) in [4.78, 5) is 50.8. The van der Waals surface area contributed by atoms with Gasteiger partial charge in [-0.2, -0.15) is 0 Å². The van der Waals surface area contributed by atoms with Gasteiger partial charge in [0, 0.05) is 5.69 Å². The summed E-state index contributed by atoms with van der Waals surface area (Å²) < 4.78 is 5.02. The first-order valence-corrected chi connectivity index (χ1v) is 10.6. The zero-order chi connectivity index (χ0) is 23.0. The van der Waals surface area contributed by atoms with E-state index in [2.05, 4.69) is 31.4 Å². The van der Waals surface area contributed by atoms with E-state index in [-0.39, 0.29) is 11.3 Å². The normalized spacial score (nSPS) is 24.8. The number of esters is 1. The van der Waals surface area contributed by atoms with Gasteiger partial charge in [-0.05, 0) is 61.6 Å². The average Bonchev–Trinajstić information content (AvgIpc) is 2.84. The van der Waals surface area contributed by atoms with Crippen LogP contribution in [0.1, 0.15) is 51.2 Å². The topological polar surface area (TPSA) is 105 Å². The number of benzene rings is 1. The number of hydrogen-bond donors (Lipinski definition) is 2. The Kier molecular flexibility index (Phi) is 6.11. The van der Waals surface area contributed by atoms with Crippen molar-refractivity contribution >= 4 is 29.5 Å². The lowest BCUT2D eigenvalue weighted by atomic mass is 9.64. The van der Waals surface area contributed by atoms with Crippen LogP contribution in [-0.4, -0.2) is 47.4 Å². The predicted octanol–water partition coefficient (Wildman–Crippen LogP) is 2.92. The molecule has 1 heterocycles. The lowest BCUT2D eigenvalue weighted by Gasteiger charge is -2.43. The lowest BCUT2D eigenvalue weighted by molar-refractivity contribution is -0.150. The van der Waals surface area contributed by atoms with E-state index in [1.165, 1.54) is 0 Å². The molecule has 2 aliphatic rings. The molecule has 1 saturated carbocycles. The van der Waals surface area contributed by atoms with E-state index in [1.54, 1.807) is 0 Å². The van der Waals surface area contributed by atoms with Crippen molar-refractivity contribution in [2.75, 3.05) is 18.5 Å². The van der Waals surface area contributed by atoms with Gasteiger partial charge >= 0.3 is 12.0 Å². The Morgan fingerprint density at radius 2 is 1.94 bits per heavy atom. The van der Waals surface area contributed by atoms with E-state index in [0.29, 0.717) is 18.5 Å². The molecule has 168 valence electrons. The second kappa shape index (κ2) is 8.32. The molecule has 8 heteroatoms. The van der Waals surface area contributed by atoms with E-state index in [1.807, 2.05) is 32.0 Å². The molecule has 4 amide bonds. The monoisotopic (exact) mass is 429 g/mol. The Hall–Kier alpha value is -2.90. The van der Waals surface area contributed by atoms with E-state index in [9.17, 15) is 19.2 Å². The van der Waals surface area contributed by atoms with Crippen molar-refractivity contribution in [1.82, 2.24) is 10.2 Å². The third-order valence-electron chi connectivity index (χ3n) is 5.94. The molecule has 1 aliphatic heterocycles. The minimum atomic E-state index is -0.974. The number of carbonyl (C=O) groups excluding carboxylic acids is 4. The van der Waals surface area contributed by atoms with Gasteiger partial charge in [-0.3, -0.25) is 19.3 Å². The van der Waals surface area contributed by atoms with Crippen LogP contribution in [0.25, 0.3) is 0 Å². The summed E-state index contributed by atoms with van der Waals surface area (Å²) in [6.07, 6.45) is 2.04. The van der Waals surface area contributed by atoms with Crippen LogP contribution in [0.3, 0.4) is 0 Å². The van der Waals surface area contributed by atoms with Crippen LogP contribution in [0.5, 0.6) is 0 Å². The first-order chi connectivity index (χ1) is 14.4. The number of rotatable bonds is 5. The highest BCUT2D eigenvalue weighted by atomic mass is 16.5. The summed E-state index contributed by atoms with van der Waals surface area (Å²) in [5, 5.41) is 5.52. The second-order valence-electron chi connectivity index (χ2n) is 9.79. The van der Waals surface area contributed by atoms with Crippen LogP contribution in [0.2, 0.25) is 0 Å². The summed E-state index contributed by atoms with van der Waals surface area (Å²) in [5.41, 5.74) is 1.46. The Morgan fingerprint density at radius 1 is 1.23 bits per heavy atom. The summed E-state index contributed by atoms with van der Waals surface area (Å²) in [6.45, 7) is 8.98. The van der Waals surface area contributed by atoms with Crippen molar-refractivity contribution in [2.45, 2.75) is 59.4 Å². The first kappa shape index (κ1) is 22.8. The molecule has 1 saturated heterocycles. The minimum absolute atomic E-state index is 0.0941.